The molecule has 5 atom stereocenters. The number of H-pyrrole nitrogens is 1. The third kappa shape index (κ3) is 15.6. The van der Waals surface area contributed by atoms with Crippen LogP contribution in [0, 0.1) is 0 Å². The van der Waals surface area contributed by atoms with Crippen molar-refractivity contribution >= 4 is 71.2 Å². The van der Waals surface area contributed by atoms with E-state index in [2.05, 4.69) is 36.6 Å². The molecule has 7 amide bonds. The first-order valence-electron chi connectivity index (χ1n) is 28.0. The van der Waals surface area contributed by atoms with Gasteiger partial charge in [-0.1, -0.05) is 72.8 Å². The van der Waals surface area contributed by atoms with Gasteiger partial charge in [0.05, 0.1) is 23.8 Å². The number of aliphatic hydroxyl groups excluding tert-OH is 1. The molecule has 452 valence electrons. The van der Waals surface area contributed by atoms with Crippen molar-refractivity contribution in [3.05, 3.63) is 190 Å². The number of aryl methyl sites for hydroxylation is 1. The van der Waals surface area contributed by atoms with Crippen LogP contribution in [0.5, 0.6) is 0 Å². The van der Waals surface area contributed by atoms with Gasteiger partial charge in [0.15, 0.2) is 0 Å². The van der Waals surface area contributed by atoms with Crippen molar-refractivity contribution in [3.8, 4) is 11.1 Å². The number of primary amides is 1. The van der Waals surface area contributed by atoms with Crippen molar-refractivity contribution in [2.75, 3.05) is 25.0 Å². The van der Waals surface area contributed by atoms with Crippen molar-refractivity contribution in [1.82, 2.24) is 45.6 Å². The Morgan fingerprint density at radius 3 is 2.22 bits per heavy atom. The standard InChI is InChI=1S/C61H64N11O14P/c62-51(73)22-20-47(56(78)69-54(37-10-3-1-4-11-37)38-12-5-2-6-13-38)67-58(80)50-21-18-45-24-26-70(34-49(59(81)72(45)50)68-57(79)48-30-42-29-41(16-19-46(42)66-48)60(82)87(84,85)86)61(83)64-25-8-9-36-27-43(32-63-31-36)39-14-7-15-40(28-39)55(77)65-44-17-23-52(74)71(33-44)35-53(75)76/h1-7,10-17,19,23,27-33,45,47,49-50,54,59,66,81H,8-9,18,20-22,24-26,34-35H2,(H2,62,73)(H,64,83)(H,65,77)(H,67,80)(H,68,79)(H,69,78)(H,75,76)(H2,84,85,86)/t45-,47+,49+,50+,59?/m1/s1. The van der Waals surface area contributed by atoms with Crippen molar-refractivity contribution in [2.45, 2.75) is 87.9 Å². The molecule has 0 spiro atoms. The number of pyridine rings is 2. The fourth-order valence-corrected chi connectivity index (χ4v) is 11.4. The second-order valence-corrected chi connectivity index (χ2v) is 22.8. The summed E-state index contributed by atoms with van der Waals surface area (Å²) < 4.78 is 12.7. The summed E-state index contributed by atoms with van der Waals surface area (Å²) >= 11 is 0. The number of aliphatic carboxylic acids is 1. The summed E-state index contributed by atoms with van der Waals surface area (Å²) in [5, 5.41) is 36.3. The van der Waals surface area contributed by atoms with E-state index in [1.165, 1.54) is 41.4 Å². The van der Waals surface area contributed by atoms with Gasteiger partial charge in [-0.15, -0.1) is 0 Å². The molecule has 25 nitrogen and oxygen atoms in total. The monoisotopic (exact) mass is 1210 g/mol. The number of carbonyl (C=O) groups is 8. The van der Waals surface area contributed by atoms with Crippen LogP contribution < -0.4 is 37.9 Å². The van der Waals surface area contributed by atoms with Crippen molar-refractivity contribution in [3.63, 3.8) is 0 Å². The normalized spacial score (nSPS) is 17.3. The number of carboxylic acids is 1. The van der Waals surface area contributed by atoms with Crippen LogP contribution in [-0.4, -0.2) is 141 Å². The van der Waals surface area contributed by atoms with Crippen LogP contribution in [0.1, 0.15) is 92.5 Å². The molecular formula is C61H64N11O14P. The lowest BCUT2D eigenvalue weighted by molar-refractivity contribution is -0.137. The Bertz CT molecular complexity index is 3800. The number of amides is 7. The van der Waals surface area contributed by atoms with E-state index in [9.17, 15) is 62.6 Å². The van der Waals surface area contributed by atoms with E-state index >= 15 is 0 Å². The van der Waals surface area contributed by atoms with Gasteiger partial charge >= 0.3 is 19.6 Å². The number of anilines is 1. The molecule has 2 saturated heterocycles. The van der Waals surface area contributed by atoms with Crippen LogP contribution in [0.4, 0.5) is 10.5 Å². The van der Waals surface area contributed by atoms with E-state index in [4.69, 9.17) is 10.8 Å². The van der Waals surface area contributed by atoms with Gasteiger partial charge in [-0.3, -0.25) is 52.8 Å². The molecular weight excluding hydrogens is 1140 g/mol. The molecule has 9 rings (SSSR count). The number of carboxylic acid groups (broad SMARTS) is 1. The zero-order chi connectivity index (χ0) is 61.9. The highest BCUT2D eigenvalue weighted by Crippen LogP contribution is 2.40. The van der Waals surface area contributed by atoms with Crippen LogP contribution in [0.25, 0.3) is 22.0 Å². The Morgan fingerprint density at radius 2 is 1.52 bits per heavy atom. The summed E-state index contributed by atoms with van der Waals surface area (Å²) in [7, 11) is -5.14. The summed E-state index contributed by atoms with van der Waals surface area (Å²) in [5.41, 5.74) is 7.82. The number of aromatic amines is 1. The van der Waals surface area contributed by atoms with Crippen LogP contribution in [-0.2, 0) is 36.7 Å². The molecule has 5 heterocycles. The average Bonchev–Trinajstić information content (AvgIpc) is 2.22. The summed E-state index contributed by atoms with van der Waals surface area (Å²) in [6, 6.07) is 29.5. The van der Waals surface area contributed by atoms with Gasteiger partial charge in [0.1, 0.15) is 24.5 Å². The molecule has 0 bridgehead atoms. The predicted octanol–water partition coefficient (Wildman–Crippen LogP) is 4.00. The van der Waals surface area contributed by atoms with E-state index in [0.29, 0.717) is 35.9 Å². The van der Waals surface area contributed by atoms with Crippen LogP contribution in [0.3, 0.4) is 0 Å². The highest BCUT2D eigenvalue weighted by Gasteiger charge is 2.47. The van der Waals surface area contributed by atoms with E-state index in [-0.39, 0.29) is 73.2 Å². The molecule has 7 aromatic rings. The molecule has 0 saturated carbocycles. The molecule has 4 aromatic carbocycles. The minimum absolute atomic E-state index is 0.0648. The number of aromatic nitrogens is 3. The lowest BCUT2D eigenvalue weighted by Crippen LogP contribution is -2.64. The molecule has 0 radical (unpaired) electrons. The van der Waals surface area contributed by atoms with Crippen LogP contribution >= 0.6 is 7.60 Å². The number of nitrogens with one attached hydrogen (secondary N) is 6. The Morgan fingerprint density at radius 1 is 0.782 bits per heavy atom. The van der Waals surface area contributed by atoms with E-state index in [1.54, 1.807) is 41.6 Å². The van der Waals surface area contributed by atoms with Gasteiger partial charge in [0.25, 0.3) is 22.9 Å². The zero-order valence-electron chi connectivity index (χ0n) is 46.8. The molecule has 0 aliphatic carbocycles. The molecule has 2 aliphatic heterocycles. The lowest BCUT2D eigenvalue weighted by atomic mass is 9.98. The number of carbonyl (C=O) groups excluding carboxylic acids is 7. The van der Waals surface area contributed by atoms with Gasteiger partial charge in [0, 0.05) is 84.3 Å². The first-order valence-corrected chi connectivity index (χ1v) is 29.6. The Balaban J connectivity index is 0.892. The smallest absolute Gasteiger partial charge is 0.396 e. The quantitative estimate of drug-likeness (QED) is 0.0337. The molecule has 12 N–H and O–H groups in total. The first kappa shape index (κ1) is 61.9. The zero-order valence-corrected chi connectivity index (χ0v) is 47.7. The SMILES string of the molecule is NC(=O)CC[C@H](NC(=O)[C@@H]1CC[C@@H]2CCN(C(=O)NCCCc3cncc(-c4cccc(C(=O)Nc5ccc(=O)n(CC(=O)O)c5)c4)c3)C[C@H](NC(=O)c3cc4cc(C(=O)P(=O)(O)O)ccc4[nH]3)C(O)N21)C(=O)NC(c1ccccc1)c1ccccc1. The topological polar surface area (TPSA) is 378 Å². The number of hydrogen-bond donors (Lipinski definition) is 11. The fraction of sp³-hybridized carbons (Fsp3) is 0.279. The fourth-order valence-electron chi connectivity index (χ4n) is 10.9. The minimum Gasteiger partial charge on any atom is -0.480 e. The maximum absolute atomic E-state index is 14.6. The van der Waals surface area contributed by atoms with Crippen LogP contribution in [0.15, 0.2) is 151 Å². The second kappa shape index (κ2) is 27.6. The summed E-state index contributed by atoms with van der Waals surface area (Å²) in [6.45, 7) is -0.530. The van der Waals surface area contributed by atoms with Gasteiger partial charge < -0.3 is 66.8 Å². The van der Waals surface area contributed by atoms with Gasteiger partial charge in [-0.05, 0) is 109 Å². The van der Waals surface area contributed by atoms with Crippen molar-refractivity contribution in [1.29, 1.82) is 0 Å². The van der Waals surface area contributed by atoms with Crippen molar-refractivity contribution < 1.29 is 62.9 Å². The number of nitrogens with zero attached hydrogens (tertiary/aromatic N) is 4. The van der Waals surface area contributed by atoms with E-state index < -0.39 is 103 Å². The Kier molecular flexibility index (Phi) is 19.6. The molecule has 2 fully saturated rings. The molecule has 3 aromatic heterocycles. The Hall–Kier alpha value is -9.65. The van der Waals surface area contributed by atoms with Crippen LogP contribution in [0.2, 0.25) is 0 Å². The van der Waals surface area contributed by atoms with E-state index in [1.807, 2.05) is 66.7 Å². The minimum atomic E-state index is -5.14. The maximum atomic E-state index is 14.6. The highest BCUT2D eigenvalue weighted by atomic mass is 31.2. The molecule has 2 aliphatic rings. The third-order valence-electron chi connectivity index (χ3n) is 15.2. The summed E-state index contributed by atoms with van der Waals surface area (Å²) in [6.07, 6.45) is 4.34. The Labute approximate surface area is 497 Å². The first-order chi connectivity index (χ1) is 41.7. The van der Waals surface area contributed by atoms with E-state index in [0.717, 1.165) is 27.3 Å². The number of hydrogen-bond acceptors (Lipinski definition) is 13. The van der Waals surface area contributed by atoms with Gasteiger partial charge in [0.2, 0.25) is 17.7 Å². The van der Waals surface area contributed by atoms with Gasteiger partial charge in [-0.25, -0.2) is 4.79 Å². The number of aliphatic hydroxyl groups is 1. The second-order valence-electron chi connectivity index (χ2n) is 21.3. The maximum Gasteiger partial charge on any atom is 0.396 e. The molecule has 26 heteroatoms. The molecule has 1 unspecified atom stereocenters. The van der Waals surface area contributed by atoms with Crippen molar-refractivity contribution in [2.24, 2.45) is 5.73 Å². The summed E-state index contributed by atoms with van der Waals surface area (Å²) in [5.74, 6) is -4.40. The number of rotatable bonds is 22. The highest BCUT2D eigenvalue weighted by molar-refractivity contribution is 7.70. The lowest BCUT2D eigenvalue weighted by Gasteiger charge is -2.42. The average molecular weight is 1210 g/mol. The van der Waals surface area contributed by atoms with Gasteiger partial charge in [-0.2, -0.15) is 0 Å². The molecule has 87 heavy (non-hydrogen) atoms. The number of fused-ring (bicyclic) bond motifs is 2. The summed E-state index contributed by atoms with van der Waals surface area (Å²) in [4.78, 5) is 148. The number of benzene rings is 4. The number of urea groups is 1. The predicted molar refractivity (Wildman–Crippen MR) is 318 cm³/mol. The largest absolute Gasteiger partial charge is 0.480 e. The number of nitrogens with two attached hydrogens (primary N) is 1. The third-order valence-corrected chi connectivity index (χ3v) is 16.0.